The predicted octanol–water partition coefficient (Wildman–Crippen LogP) is 8.18. The molecule has 0 N–H and O–H groups in total. The number of phosphoric acid groups is 1. The van der Waals surface area contributed by atoms with Crippen LogP contribution < -0.4 is 11.0 Å². The second-order valence-electron chi connectivity index (χ2n) is 14.9. The van der Waals surface area contributed by atoms with Gasteiger partial charge in [0.1, 0.15) is 35.8 Å². The van der Waals surface area contributed by atoms with Gasteiger partial charge in [-0.2, -0.15) is 0 Å². The highest BCUT2D eigenvalue weighted by molar-refractivity contribution is 7.49. The summed E-state index contributed by atoms with van der Waals surface area (Å²) in [6, 6.07) is 50.5. The van der Waals surface area contributed by atoms with Crippen LogP contribution in [0.1, 0.15) is 33.4 Å². The maximum atomic E-state index is 15.7. The molecule has 6 aromatic carbocycles. The number of hydrogen-bond donors (Lipinski definition) is 0. The lowest BCUT2D eigenvalue weighted by atomic mass is 10.1. The third-order valence-corrected chi connectivity index (χ3v) is 15.6. The molecule has 0 fully saturated rings. The van der Waals surface area contributed by atoms with Crippen LogP contribution in [0.3, 0.4) is 0 Å². The summed E-state index contributed by atoms with van der Waals surface area (Å²) >= 11 is -3.67. The SMILES string of the molecule is O=P(OCC#Cc1ccccc1)(OCC#Cc1ccccc1)[O][Al]1[n]2c3c4ccccc4c2N=C2N=C(N=c4c5ccccc5c([n]41)=NC1=NC(=N3)c3ccccc31)c1ccccc12. The molecule has 2 aromatic heterocycles. The minimum absolute atomic E-state index is 0.280. The first kappa shape index (κ1) is 38.1. The zero-order valence-electron chi connectivity index (χ0n) is 33.7. The van der Waals surface area contributed by atoms with E-state index in [1.165, 1.54) is 0 Å². The molecule has 12 rings (SSSR count). The first-order valence-corrected chi connectivity index (χ1v) is 23.4. The van der Waals surface area contributed by atoms with E-state index in [2.05, 4.69) is 23.7 Å². The van der Waals surface area contributed by atoms with Gasteiger partial charge in [-0.05, 0) is 24.3 Å². The summed E-state index contributed by atoms with van der Waals surface area (Å²) in [6.45, 7) is -0.560. The van der Waals surface area contributed by atoms with Crippen molar-refractivity contribution in [2.45, 2.75) is 0 Å². The molecule has 4 aliphatic heterocycles. The maximum absolute atomic E-state index is 15.7. The third-order valence-electron chi connectivity index (χ3n) is 11.1. The Morgan fingerprint density at radius 3 is 1.25 bits per heavy atom. The van der Waals surface area contributed by atoms with Gasteiger partial charge in [0.2, 0.25) is 0 Å². The molecule has 64 heavy (non-hydrogen) atoms. The summed E-state index contributed by atoms with van der Waals surface area (Å²) in [4.78, 5) is 31.6. The van der Waals surface area contributed by atoms with Crippen molar-refractivity contribution in [2.24, 2.45) is 30.0 Å². The van der Waals surface area contributed by atoms with Crippen LogP contribution >= 0.6 is 7.82 Å². The molecular formula is C50H30AlN8O4P. The first-order chi connectivity index (χ1) is 31.6. The summed E-state index contributed by atoms with van der Waals surface area (Å²) < 4.78 is 39.0. The smallest absolute Gasteiger partial charge is 0.373 e. The van der Waals surface area contributed by atoms with Crippen molar-refractivity contribution in [1.82, 2.24) is 7.10 Å². The monoisotopic (exact) mass is 864 g/mol. The van der Waals surface area contributed by atoms with Crippen LogP contribution in [0.2, 0.25) is 0 Å². The highest BCUT2D eigenvalue weighted by atomic mass is 31.2. The van der Waals surface area contributed by atoms with E-state index >= 15 is 4.57 Å². The van der Waals surface area contributed by atoms with Crippen molar-refractivity contribution in [3.8, 4) is 23.7 Å². The molecule has 0 saturated heterocycles. The number of aromatic nitrogens is 2. The molecule has 8 aromatic rings. The van der Waals surface area contributed by atoms with Crippen LogP contribution in [0.4, 0.5) is 11.6 Å². The van der Waals surface area contributed by atoms with Gasteiger partial charge in [0.15, 0.2) is 23.3 Å². The minimum atomic E-state index is -4.61. The fourth-order valence-corrected chi connectivity index (χ4v) is 12.8. The van der Waals surface area contributed by atoms with Crippen LogP contribution in [0, 0.1) is 23.7 Å². The summed E-state index contributed by atoms with van der Waals surface area (Å²) in [5.41, 5.74) is 5.76. The topological polar surface area (TPSA) is 129 Å². The molecule has 6 heterocycles. The van der Waals surface area contributed by atoms with E-state index in [9.17, 15) is 0 Å². The third kappa shape index (κ3) is 6.60. The van der Waals surface area contributed by atoms with Crippen LogP contribution in [0.5, 0.6) is 0 Å². The Kier molecular flexibility index (Phi) is 9.33. The highest BCUT2D eigenvalue weighted by Crippen LogP contribution is 2.51. The molecule has 0 spiro atoms. The molecule has 0 amide bonds. The second-order valence-corrected chi connectivity index (χ2v) is 18.9. The number of amidine groups is 4. The minimum Gasteiger partial charge on any atom is -0.373 e. The fraction of sp³-hybridized carbons (Fsp3) is 0.0400. The van der Waals surface area contributed by atoms with Gasteiger partial charge >= 0.3 is 22.7 Å². The summed E-state index contributed by atoms with van der Waals surface area (Å²) in [7, 11) is -4.61. The molecule has 6 bridgehead atoms. The Balaban J connectivity index is 1.15. The zero-order valence-corrected chi connectivity index (χ0v) is 35.7. The molecule has 0 saturated carbocycles. The van der Waals surface area contributed by atoms with Gasteiger partial charge < -0.3 is 10.7 Å². The molecule has 302 valence electrons. The maximum Gasteiger partial charge on any atom is 0.818 e. The molecule has 4 aliphatic rings. The Hall–Kier alpha value is -7.56. The molecule has 14 heteroatoms. The quantitative estimate of drug-likeness (QED) is 0.0949. The van der Waals surface area contributed by atoms with Gasteiger partial charge in [0, 0.05) is 54.9 Å². The number of benzene rings is 6. The summed E-state index contributed by atoms with van der Waals surface area (Å²) in [5.74, 6) is 15.0. The molecule has 0 radical (unpaired) electrons. The summed E-state index contributed by atoms with van der Waals surface area (Å²) in [5, 5.41) is 3.05. The van der Waals surface area contributed by atoms with Crippen LogP contribution in [0.25, 0.3) is 21.5 Å². The Bertz CT molecular complexity index is 3490. The largest absolute Gasteiger partial charge is 0.818 e. The number of phosphoric ester groups is 1. The Morgan fingerprint density at radius 1 is 0.438 bits per heavy atom. The molecule has 0 unspecified atom stereocenters. The van der Waals surface area contributed by atoms with E-state index in [0.29, 0.717) is 46.0 Å². The summed E-state index contributed by atoms with van der Waals surface area (Å²) in [6.07, 6.45) is 0. The normalized spacial score (nSPS) is 14.0. The van der Waals surface area contributed by atoms with Crippen molar-refractivity contribution < 1.29 is 17.2 Å². The van der Waals surface area contributed by atoms with Gasteiger partial charge in [0.05, 0.1) is 0 Å². The van der Waals surface area contributed by atoms with Crippen molar-refractivity contribution in [3.63, 3.8) is 0 Å². The lowest BCUT2D eigenvalue weighted by molar-refractivity contribution is 0.182. The molecular weight excluding hydrogens is 835 g/mol. The van der Waals surface area contributed by atoms with Gasteiger partial charge in [-0.3, -0.25) is 9.05 Å². The van der Waals surface area contributed by atoms with Gasteiger partial charge in [-0.1, -0.05) is 157 Å². The number of hydrogen-bond acceptors (Lipinski definition) is 10. The fourth-order valence-electron chi connectivity index (χ4n) is 8.24. The molecule has 12 nitrogen and oxygen atoms in total. The van der Waals surface area contributed by atoms with E-state index in [-0.39, 0.29) is 13.2 Å². The zero-order chi connectivity index (χ0) is 42.6. The average Bonchev–Trinajstić information content (AvgIpc) is 4.05. The van der Waals surface area contributed by atoms with E-state index in [1.807, 2.05) is 165 Å². The van der Waals surface area contributed by atoms with E-state index < -0.39 is 22.7 Å². The lowest BCUT2D eigenvalue weighted by Crippen LogP contribution is -2.48. The standard InChI is InChI=1S/C32H16N8.C18H15O4P.Al/c1-2-10-18-17(9-1)25-33-26(18)38-28-21-13-5-6-14-22(21)30(35-28)40-32-24-16-8-7-15-23(24)31(36-32)39-29-20-12-4-3-11-19(20)27(34-29)37-25;19-23(20,21-15-7-13-17-9-3-1-4-10-17)22-16-8-14-18-11-5-2-6-12-18;/h1-16H;1-6,9-12H,15-16H2,(H,19,20);/q-2;;+3/p-1. The van der Waals surface area contributed by atoms with E-state index in [4.69, 9.17) is 42.6 Å². The van der Waals surface area contributed by atoms with Gasteiger partial charge in [0.25, 0.3) is 0 Å². The van der Waals surface area contributed by atoms with E-state index in [0.717, 1.165) is 54.9 Å². The Labute approximate surface area is 370 Å². The number of aliphatic imine (C=N–C) groups is 4. The highest BCUT2D eigenvalue weighted by Gasteiger charge is 2.48. The predicted molar refractivity (Wildman–Crippen MR) is 248 cm³/mol. The van der Waals surface area contributed by atoms with E-state index in [1.54, 1.807) is 0 Å². The first-order valence-electron chi connectivity index (χ1n) is 20.5. The molecule has 0 atom stereocenters. The van der Waals surface area contributed by atoms with Crippen molar-refractivity contribution >= 4 is 79.3 Å². The van der Waals surface area contributed by atoms with Gasteiger partial charge in [-0.25, -0.2) is 34.5 Å². The second kappa shape index (κ2) is 15.7. The van der Waals surface area contributed by atoms with Crippen LogP contribution in [-0.4, -0.2) is 58.6 Å². The van der Waals surface area contributed by atoms with Gasteiger partial charge in [-0.15, -0.1) is 0 Å². The number of rotatable bonds is 6. The number of fused-ring (bicyclic) bond motifs is 14. The lowest BCUT2D eigenvalue weighted by Gasteiger charge is -2.23. The van der Waals surface area contributed by atoms with Crippen molar-refractivity contribution in [3.05, 3.63) is 202 Å². The van der Waals surface area contributed by atoms with Crippen molar-refractivity contribution in [2.75, 3.05) is 13.2 Å². The Morgan fingerprint density at radius 2 is 0.812 bits per heavy atom. The van der Waals surface area contributed by atoms with Crippen LogP contribution in [0.15, 0.2) is 188 Å². The number of nitrogens with zero attached hydrogens (tertiary/aromatic N) is 8. The average molecular weight is 865 g/mol. The molecule has 0 aliphatic carbocycles. The van der Waals surface area contributed by atoms with Crippen molar-refractivity contribution in [1.29, 1.82) is 0 Å². The van der Waals surface area contributed by atoms with Crippen LogP contribution in [-0.2, 0) is 17.2 Å².